The third-order valence-electron chi connectivity index (χ3n) is 2.90. The van der Waals surface area contributed by atoms with Gasteiger partial charge in [0.05, 0.1) is 0 Å². The molecule has 0 saturated carbocycles. The minimum Gasteiger partial charge on any atom is -0.348 e. The molecule has 0 bridgehead atoms. The highest BCUT2D eigenvalue weighted by Crippen LogP contribution is 2.11. The van der Waals surface area contributed by atoms with E-state index in [2.05, 4.69) is 5.32 Å². The lowest BCUT2D eigenvalue weighted by atomic mass is 10.1. The van der Waals surface area contributed by atoms with Crippen LogP contribution in [-0.4, -0.2) is 16.4 Å². The molecule has 0 spiro atoms. The monoisotopic (exact) mass is 321 g/mol. The number of rotatable bonds is 5. The van der Waals surface area contributed by atoms with E-state index < -0.39 is 10.8 Å². The largest absolute Gasteiger partial charge is 0.348 e. The van der Waals surface area contributed by atoms with Gasteiger partial charge in [-0.1, -0.05) is 35.9 Å². The van der Waals surface area contributed by atoms with Gasteiger partial charge in [-0.3, -0.25) is 9.00 Å². The number of amides is 1. The number of carbonyl (C=O) groups is 1. The molecule has 3 nitrogen and oxygen atoms in total. The van der Waals surface area contributed by atoms with Gasteiger partial charge in [0, 0.05) is 39.9 Å². The molecule has 0 radical (unpaired) electrons. The molecule has 1 amide bonds. The van der Waals surface area contributed by atoms with E-state index in [0.717, 1.165) is 11.1 Å². The van der Waals surface area contributed by atoms with Crippen molar-refractivity contribution < 1.29 is 9.00 Å². The van der Waals surface area contributed by atoms with Gasteiger partial charge in [0.1, 0.15) is 0 Å². The van der Waals surface area contributed by atoms with Crippen molar-refractivity contribution in [3.05, 3.63) is 70.2 Å². The first-order valence-electron chi connectivity index (χ1n) is 6.46. The van der Waals surface area contributed by atoms with Gasteiger partial charge >= 0.3 is 0 Å². The quantitative estimate of drug-likeness (QED) is 0.919. The zero-order valence-electron chi connectivity index (χ0n) is 11.6. The van der Waals surface area contributed by atoms with E-state index in [1.165, 1.54) is 0 Å². The van der Waals surface area contributed by atoms with E-state index in [1.54, 1.807) is 30.5 Å². The third kappa shape index (κ3) is 4.99. The van der Waals surface area contributed by atoms with Crippen LogP contribution in [0, 0.1) is 0 Å². The molecule has 0 heterocycles. The highest BCUT2D eigenvalue weighted by molar-refractivity contribution is 7.83. The van der Waals surface area contributed by atoms with Crippen LogP contribution in [0.25, 0.3) is 0 Å². The Kier molecular flexibility index (Phi) is 5.53. The molecule has 21 heavy (non-hydrogen) atoms. The van der Waals surface area contributed by atoms with Gasteiger partial charge in [-0.05, 0) is 35.4 Å². The minimum atomic E-state index is -0.920. The van der Waals surface area contributed by atoms with Gasteiger partial charge in [-0.25, -0.2) is 0 Å². The Morgan fingerprint density at radius 3 is 2.57 bits per heavy atom. The Morgan fingerprint density at radius 1 is 1.14 bits per heavy atom. The number of nitrogens with one attached hydrogen (secondary N) is 1. The van der Waals surface area contributed by atoms with Crippen molar-refractivity contribution >= 4 is 28.3 Å². The molecule has 0 aliphatic heterocycles. The van der Waals surface area contributed by atoms with E-state index in [1.807, 2.05) is 24.3 Å². The number of halogens is 1. The van der Waals surface area contributed by atoms with E-state index in [4.69, 9.17) is 11.6 Å². The molecule has 2 aromatic rings. The van der Waals surface area contributed by atoms with Crippen LogP contribution in [0.1, 0.15) is 21.5 Å². The minimum absolute atomic E-state index is 0.154. The van der Waals surface area contributed by atoms with Crippen molar-refractivity contribution in [3.8, 4) is 0 Å². The van der Waals surface area contributed by atoms with E-state index >= 15 is 0 Å². The lowest BCUT2D eigenvalue weighted by molar-refractivity contribution is 0.0951. The van der Waals surface area contributed by atoms with Crippen molar-refractivity contribution in [2.24, 2.45) is 0 Å². The third-order valence-corrected chi connectivity index (χ3v) is 3.88. The fraction of sp³-hybridized carbons (Fsp3) is 0.188. The summed E-state index contributed by atoms with van der Waals surface area (Å²) in [4.78, 5) is 12.1. The maximum atomic E-state index is 12.1. The molecule has 0 saturated heterocycles. The van der Waals surface area contributed by atoms with Crippen molar-refractivity contribution in [3.63, 3.8) is 0 Å². The van der Waals surface area contributed by atoms with Crippen LogP contribution in [0.3, 0.4) is 0 Å². The smallest absolute Gasteiger partial charge is 0.251 e. The predicted octanol–water partition coefficient (Wildman–Crippen LogP) is 3.15. The van der Waals surface area contributed by atoms with Crippen LogP contribution >= 0.6 is 11.6 Å². The van der Waals surface area contributed by atoms with Gasteiger partial charge < -0.3 is 5.32 Å². The predicted molar refractivity (Wildman–Crippen MR) is 86.8 cm³/mol. The number of hydrogen-bond donors (Lipinski definition) is 1. The first kappa shape index (κ1) is 15.7. The summed E-state index contributed by atoms with van der Waals surface area (Å²) >= 11 is 5.90. The zero-order valence-corrected chi connectivity index (χ0v) is 13.2. The summed E-state index contributed by atoms with van der Waals surface area (Å²) in [6.07, 6.45) is 1.64. The Morgan fingerprint density at radius 2 is 1.86 bits per heavy atom. The molecule has 1 N–H and O–H groups in total. The lowest BCUT2D eigenvalue weighted by Gasteiger charge is -2.07. The van der Waals surface area contributed by atoms with Gasteiger partial charge in [0.25, 0.3) is 5.91 Å². The second kappa shape index (κ2) is 7.38. The van der Waals surface area contributed by atoms with Crippen LogP contribution in [0.4, 0.5) is 0 Å². The average molecular weight is 322 g/mol. The molecule has 2 aromatic carbocycles. The number of carbonyl (C=O) groups excluding carboxylic acids is 1. The van der Waals surface area contributed by atoms with Gasteiger partial charge in [-0.15, -0.1) is 0 Å². The second-order valence-electron chi connectivity index (χ2n) is 4.73. The number of benzene rings is 2. The molecule has 1 atom stereocenters. The summed E-state index contributed by atoms with van der Waals surface area (Å²) in [7, 11) is -0.920. The summed E-state index contributed by atoms with van der Waals surface area (Å²) in [5.74, 6) is 0.300. The normalized spacial score (nSPS) is 11.9. The molecule has 0 aromatic heterocycles. The molecule has 0 aliphatic rings. The van der Waals surface area contributed by atoms with Crippen LogP contribution < -0.4 is 5.32 Å². The fourth-order valence-electron chi connectivity index (χ4n) is 1.97. The molecule has 110 valence electrons. The summed E-state index contributed by atoms with van der Waals surface area (Å²) in [6, 6.07) is 14.6. The first-order chi connectivity index (χ1) is 10.0. The highest BCUT2D eigenvalue weighted by atomic mass is 35.5. The van der Waals surface area contributed by atoms with E-state index in [0.29, 0.717) is 22.9 Å². The van der Waals surface area contributed by atoms with Crippen LogP contribution in [-0.2, 0) is 23.1 Å². The summed E-state index contributed by atoms with van der Waals surface area (Å²) in [6.45, 7) is 0.420. The topological polar surface area (TPSA) is 46.2 Å². The number of hydrogen-bond acceptors (Lipinski definition) is 2. The van der Waals surface area contributed by atoms with Crippen molar-refractivity contribution in [1.29, 1.82) is 0 Å². The molecule has 5 heteroatoms. The fourth-order valence-corrected chi connectivity index (χ4v) is 2.83. The van der Waals surface area contributed by atoms with Crippen molar-refractivity contribution in [2.75, 3.05) is 6.26 Å². The van der Waals surface area contributed by atoms with Crippen molar-refractivity contribution in [1.82, 2.24) is 5.32 Å². The summed E-state index contributed by atoms with van der Waals surface area (Å²) in [5.41, 5.74) is 2.41. The van der Waals surface area contributed by atoms with Gasteiger partial charge in [0.2, 0.25) is 0 Å². The average Bonchev–Trinajstić information content (AvgIpc) is 2.44. The Hall–Kier alpha value is -1.65. The highest BCUT2D eigenvalue weighted by Gasteiger charge is 2.07. The Bertz CT molecular complexity index is 673. The maximum absolute atomic E-state index is 12.1. The molecule has 0 fully saturated rings. The molecule has 0 aliphatic carbocycles. The zero-order chi connectivity index (χ0) is 15.2. The molecular weight excluding hydrogens is 306 g/mol. The SMILES string of the molecule is CS(=O)Cc1cccc(C(=O)NCc2cccc(Cl)c2)c1. The Labute approximate surface area is 131 Å². The maximum Gasteiger partial charge on any atom is 0.251 e. The molecule has 2 rings (SSSR count). The van der Waals surface area contributed by atoms with E-state index in [-0.39, 0.29) is 5.91 Å². The second-order valence-corrected chi connectivity index (χ2v) is 6.60. The van der Waals surface area contributed by atoms with Gasteiger partial charge in [0.15, 0.2) is 0 Å². The lowest BCUT2D eigenvalue weighted by Crippen LogP contribution is -2.22. The van der Waals surface area contributed by atoms with Gasteiger partial charge in [-0.2, -0.15) is 0 Å². The van der Waals surface area contributed by atoms with Crippen LogP contribution in [0.5, 0.6) is 0 Å². The standard InChI is InChI=1S/C16H16ClNO2S/c1-21(20)11-13-5-2-6-14(8-13)16(19)18-10-12-4-3-7-15(17)9-12/h2-9H,10-11H2,1H3,(H,18,19). The molecular formula is C16H16ClNO2S. The summed E-state index contributed by atoms with van der Waals surface area (Å²) in [5, 5.41) is 3.50. The van der Waals surface area contributed by atoms with Crippen LogP contribution in [0.2, 0.25) is 5.02 Å². The summed E-state index contributed by atoms with van der Waals surface area (Å²) < 4.78 is 11.2. The van der Waals surface area contributed by atoms with E-state index in [9.17, 15) is 9.00 Å². The van der Waals surface area contributed by atoms with Crippen LogP contribution in [0.15, 0.2) is 48.5 Å². The van der Waals surface area contributed by atoms with Crippen molar-refractivity contribution in [2.45, 2.75) is 12.3 Å². The first-order valence-corrected chi connectivity index (χ1v) is 8.57. The Balaban J connectivity index is 2.01. The molecule has 1 unspecified atom stereocenters.